The van der Waals surface area contributed by atoms with Crippen LogP contribution in [0.15, 0.2) is 47.4 Å². The van der Waals surface area contributed by atoms with Gasteiger partial charge in [0.05, 0.1) is 30.5 Å². The third-order valence-electron chi connectivity index (χ3n) is 15.8. The van der Waals surface area contributed by atoms with Gasteiger partial charge in [0.2, 0.25) is 41.4 Å². The molecule has 5 rings (SSSR count). The van der Waals surface area contributed by atoms with E-state index in [1.54, 1.807) is 13.0 Å². The van der Waals surface area contributed by atoms with E-state index >= 15 is 0 Å². The number of rotatable bonds is 22. The molecule has 0 radical (unpaired) electrons. The van der Waals surface area contributed by atoms with Crippen molar-refractivity contribution < 1.29 is 79.5 Å². The van der Waals surface area contributed by atoms with Gasteiger partial charge in [0.25, 0.3) is 0 Å². The SMILES string of the molecule is CCC(C)CC(C)CCCCCCCCC(=O)N[C@H]1C[C@@H](O)[C@@H](Sc2ccc(O)c(C)c2)NC(=O)[C@@H]2[C@@H](O)CCN2C(=O)[C@H]([C@H](O)CCN)NC(=O)[C@H]([C@H](O)[C@@H](O)c2ccc(O)cc2)NC(=O)[C@@H]2C[C@@H](O)CN2C(=O)[C@H]([C@@H](C)O)NC1=O. The molecule has 3 heterocycles. The van der Waals surface area contributed by atoms with E-state index < -0.39 is 145 Å². The smallest absolute Gasteiger partial charge is 0.248 e. The summed E-state index contributed by atoms with van der Waals surface area (Å²) in [4.78, 5) is 104. The van der Waals surface area contributed by atoms with Crippen LogP contribution in [-0.4, -0.2) is 195 Å². The number of thioether (sulfide) groups is 1. The molecule has 2 aromatic carbocycles. The third-order valence-corrected chi connectivity index (χ3v) is 17.0. The molecular weight excluding hydrogens is 1080 g/mol. The van der Waals surface area contributed by atoms with Gasteiger partial charge in [-0.05, 0) is 99.4 Å². The van der Waals surface area contributed by atoms with Crippen LogP contribution in [0.25, 0.3) is 0 Å². The lowest BCUT2D eigenvalue weighted by atomic mass is 9.91. The molecular formula is C57H88N8O16S. The second-order valence-electron chi connectivity index (χ2n) is 22.5. The van der Waals surface area contributed by atoms with Crippen molar-refractivity contribution in [3.63, 3.8) is 0 Å². The van der Waals surface area contributed by atoms with Crippen LogP contribution >= 0.6 is 11.8 Å². The molecule has 458 valence electrons. The Labute approximate surface area is 483 Å². The Bertz CT molecular complexity index is 2460. The second kappa shape index (κ2) is 31.9. The summed E-state index contributed by atoms with van der Waals surface area (Å²) in [5.41, 5.74) is 6.13. The molecule has 2 aromatic rings. The van der Waals surface area contributed by atoms with E-state index in [1.807, 2.05) is 0 Å². The topological polar surface area (TPSA) is 394 Å². The average molecular weight is 1170 g/mol. The molecule has 3 saturated heterocycles. The Morgan fingerprint density at radius 3 is 2.01 bits per heavy atom. The molecule has 24 nitrogen and oxygen atoms in total. The summed E-state index contributed by atoms with van der Waals surface area (Å²) >= 11 is 0.848. The van der Waals surface area contributed by atoms with Gasteiger partial charge >= 0.3 is 0 Å². The van der Waals surface area contributed by atoms with Crippen LogP contribution in [-0.2, 0) is 33.6 Å². The molecule has 16 atom stereocenters. The summed E-state index contributed by atoms with van der Waals surface area (Å²) in [6, 6.07) is -2.17. The second-order valence-corrected chi connectivity index (χ2v) is 23.7. The summed E-state index contributed by atoms with van der Waals surface area (Å²) in [5, 5.41) is 112. The van der Waals surface area contributed by atoms with Crippen molar-refractivity contribution in [1.82, 2.24) is 36.4 Å². The van der Waals surface area contributed by atoms with E-state index in [9.17, 15) is 79.5 Å². The van der Waals surface area contributed by atoms with Crippen molar-refractivity contribution in [2.45, 2.75) is 214 Å². The number of aliphatic hydroxyl groups is 7. The summed E-state index contributed by atoms with van der Waals surface area (Å²) in [6.07, 6.45) is -5.78. The van der Waals surface area contributed by atoms with Gasteiger partial charge in [0, 0.05) is 37.2 Å². The Hall–Kier alpha value is -5.64. The number of aliphatic hydroxyl groups excluding tert-OH is 7. The molecule has 3 aliphatic rings. The summed E-state index contributed by atoms with van der Waals surface area (Å²) < 4.78 is 0. The van der Waals surface area contributed by atoms with Crippen molar-refractivity contribution in [3.05, 3.63) is 53.6 Å². The minimum absolute atomic E-state index is 0.0435. The van der Waals surface area contributed by atoms with Crippen LogP contribution in [0.3, 0.4) is 0 Å². The fourth-order valence-corrected chi connectivity index (χ4v) is 11.9. The molecule has 82 heavy (non-hydrogen) atoms. The lowest BCUT2D eigenvalue weighted by Gasteiger charge is -2.35. The highest BCUT2D eigenvalue weighted by molar-refractivity contribution is 8.00. The van der Waals surface area contributed by atoms with Gasteiger partial charge in [0.15, 0.2) is 0 Å². The molecule has 3 aliphatic heterocycles. The van der Waals surface area contributed by atoms with Gasteiger partial charge in [-0.1, -0.05) is 89.6 Å². The van der Waals surface area contributed by atoms with E-state index in [2.05, 4.69) is 47.4 Å². The highest BCUT2D eigenvalue weighted by Gasteiger charge is 2.49. The predicted molar refractivity (Wildman–Crippen MR) is 302 cm³/mol. The number of carbonyl (C=O) groups excluding carboxylic acids is 7. The molecule has 0 saturated carbocycles. The summed E-state index contributed by atoms with van der Waals surface area (Å²) in [5.74, 6) is -6.60. The Morgan fingerprint density at radius 2 is 1.37 bits per heavy atom. The Balaban J connectivity index is 1.54. The number of unbranched alkanes of at least 4 members (excludes halogenated alkanes) is 5. The molecule has 0 aliphatic carbocycles. The zero-order chi connectivity index (χ0) is 60.5. The largest absolute Gasteiger partial charge is 0.508 e. The fourth-order valence-electron chi connectivity index (χ4n) is 10.8. The first-order valence-electron chi connectivity index (χ1n) is 28.7. The van der Waals surface area contributed by atoms with E-state index in [0.29, 0.717) is 35.1 Å². The van der Waals surface area contributed by atoms with Crippen molar-refractivity contribution >= 4 is 53.1 Å². The molecule has 2 unspecified atom stereocenters. The molecule has 0 aromatic heterocycles. The van der Waals surface area contributed by atoms with Gasteiger partial charge in [-0.25, -0.2) is 0 Å². The van der Waals surface area contributed by atoms with Crippen LogP contribution < -0.4 is 32.3 Å². The van der Waals surface area contributed by atoms with Crippen molar-refractivity contribution in [2.75, 3.05) is 19.6 Å². The maximum atomic E-state index is 14.8. The lowest BCUT2D eigenvalue weighted by Crippen LogP contribution is -2.64. The Morgan fingerprint density at radius 1 is 0.732 bits per heavy atom. The lowest BCUT2D eigenvalue weighted by molar-refractivity contribution is -0.148. The van der Waals surface area contributed by atoms with Crippen molar-refractivity contribution in [3.8, 4) is 11.5 Å². The van der Waals surface area contributed by atoms with Gasteiger partial charge in [0.1, 0.15) is 65.3 Å². The first-order valence-corrected chi connectivity index (χ1v) is 29.6. The number of hydrogen-bond donors (Lipinski definition) is 15. The van der Waals surface area contributed by atoms with Gasteiger partial charge in [-0.3, -0.25) is 33.6 Å². The zero-order valence-corrected chi connectivity index (χ0v) is 48.4. The number of aryl methyl sites for hydroxylation is 1. The maximum absolute atomic E-state index is 14.8. The first kappa shape index (κ1) is 67.2. The number of carbonyl (C=O) groups is 7. The van der Waals surface area contributed by atoms with E-state index in [4.69, 9.17) is 5.73 Å². The van der Waals surface area contributed by atoms with E-state index in [-0.39, 0.29) is 49.4 Å². The molecule has 16 N–H and O–H groups in total. The normalized spacial score (nSPS) is 27.6. The first-order chi connectivity index (χ1) is 38.8. The number of nitrogens with two attached hydrogens (primary N) is 1. The maximum Gasteiger partial charge on any atom is 0.248 e. The monoisotopic (exact) mass is 1170 g/mol. The van der Waals surface area contributed by atoms with Crippen LogP contribution in [0.5, 0.6) is 11.5 Å². The van der Waals surface area contributed by atoms with Crippen LogP contribution in [0.2, 0.25) is 0 Å². The van der Waals surface area contributed by atoms with E-state index in [0.717, 1.165) is 67.0 Å². The molecule has 3 fully saturated rings. The molecule has 7 amide bonds. The third kappa shape index (κ3) is 18.7. The number of phenolic OH excluding ortho intramolecular Hbond substituents is 2. The number of benzene rings is 2. The molecule has 0 bridgehead atoms. The zero-order valence-electron chi connectivity index (χ0n) is 47.6. The summed E-state index contributed by atoms with van der Waals surface area (Å²) in [6.45, 7) is 8.35. The number of hydrogen-bond acceptors (Lipinski definition) is 18. The highest BCUT2D eigenvalue weighted by Crippen LogP contribution is 2.32. The number of amides is 7. The van der Waals surface area contributed by atoms with E-state index in [1.165, 1.54) is 42.8 Å². The highest BCUT2D eigenvalue weighted by atomic mass is 32.2. The van der Waals surface area contributed by atoms with Crippen LogP contribution in [0.1, 0.15) is 135 Å². The van der Waals surface area contributed by atoms with Crippen molar-refractivity contribution in [2.24, 2.45) is 17.6 Å². The standard InChI is InChI=1S/C57H88N8O16S/c1-6-30(2)25-31(3)13-11-9-7-8-10-12-14-44(73)59-38-28-43(72)55(82-37-19-20-40(69)32(4)26-37)63-54(79)48-42(71)22-24-64(48)57(81)46(41(70)21-23-58)61-53(78)47(50(75)49(74)34-15-17-35(67)18-16-34)62-52(77)39-27-36(68)29-65(39)56(80)45(33(5)66)60-51(38)76/h15-20,26,30-31,33,36,38-39,41-43,45-50,55,66-72,74-75H,6-14,21-25,27-29,58H2,1-5H3,(H,59,73)(H,60,76)(H,61,78)(H,62,77)(H,63,79)/t30?,31?,33-,36-,38+,39+,41-,42+,43-,45+,46+,47+,48+,49+,50+,55-/m1/s1. The average Bonchev–Trinajstić information content (AvgIpc) is 4.14. The number of aromatic hydroxyl groups is 2. The van der Waals surface area contributed by atoms with Crippen LogP contribution in [0, 0.1) is 18.8 Å². The number of nitrogens with one attached hydrogen (secondary N) is 5. The number of fused-ring (bicyclic) bond motifs is 2. The quantitative estimate of drug-likeness (QED) is 0.0687. The number of phenols is 2. The molecule has 0 spiro atoms. The minimum Gasteiger partial charge on any atom is -0.508 e. The predicted octanol–water partition coefficient (Wildman–Crippen LogP) is -0.0539. The van der Waals surface area contributed by atoms with Gasteiger partial charge < -0.3 is 88.1 Å². The summed E-state index contributed by atoms with van der Waals surface area (Å²) in [7, 11) is 0. The fraction of sp³-hybridized carbons (Fsp3) is 0.667. The Kier molecular flexibility index (Phi) is 26.1. The van der Waals surface area contributed by atoms with Gasteiger partial charge in [-0.15, -0.1) is 0 Å². The van der Waals surface area contributed by atoms with Crippen molar-refractivity contribution in [1.29, 1.82) is 0 Å². The molecule has 25 heteroatoms. The number of nitrogens with zero attached hydrogens (tertiary/aromatic N) is 2. The minimum atomic E-state index is -2.29. The van der Waals surface area contributed by atoms with Crippen LogP contribution in [0.4, 0.5) is 0 Å². The van der Waals surface area contributed by atoms with Gasteiger partial charge in [-0.2, -0.15) is 0 Å².